The zero-order valence-electron chi connectivity index (χ0n) is 10.7. The van der Waals surface area contributed by atoms with Gasteiger partial charge in [0.2, 0.25) is 0 Å². The van der Waals surface area contributed by atoms with Gasteiger partial charge < -0.3 is 14.2 Å². The first-order chi connectivity index (χ1) is 8.76. The monoisotopic (exact) mass is 250 g/mol. The molecule has 0 N–H and O–H groups in total. The Bertz CT molecular complexity index is 416. The summed E-state index contributed by atoms with van der Waals surface area (Å²) in [6, 6.07) is 7.84. The molecule has 1 heterocycles. The molecule has 18 heavy (non-hydrogen) atoms. The van der Waals surface area contributed by atoms with E-state index in [1.54, 1.807) is 7.11 Å². The molecule has 0 aliphatic carbocycles. The largest absolute Gasteiger partial charge is 0.497 e. The van der Waals surface area contributed by atoms with E-state index in [9.17, 15) is 4.79 Å². The summed E-state index contributed by atoms with van der Waals surface area (Å²) in [6.07, 6.45) is 0.826. The third-order valence-corrected chi connectivity index (χ3v) is 3.38. The molecule has 1 aliphatic heterocycles. The van der Waals surface area contributed by atoms with Crippen molar-refractivity contribution < 1.29 is 19.0 Å². The Balaban J connectivity index is 2.24. The Morgan fingerprint density at radius 3 is 2.94 bits per heavy atom. The summed E-state index contributed by atoms with van der Waals surface area (Å²) in [5.41, 5.74) is 1.10. The number of carbonyl (C=O) groups is 1. The van der Waals surface area contributed by atoms with E-state index < -0.39 is 0 Å². The van der Waals surface area contributed by atoms with Gasteiger partial charge in [0.1, 0.15) is 5.75 Å². The van der Waals surface area contributed by atoms with Gasteiger partial charge in [-0.1, -0.05) is 12.1 Å². The Hall–Kier alpha value is -1.55. The number of benzene rings is 1. The maximum atomic E-state index is 11.8. The molecule has 4 nitrogen and oxygen atoms in total. The van der Waals surface area contributed by atoms with E-state index in [0.717, 1.165) is 17.7 Å². The smallest absolute Gasteiger partial charge is 0.311 e. The van der Waals surface area contributed by atoms with Gasteiger partial charge in [-0.25, -0.2) is 0 Å². The molecule has 2 atom stereocenters. The van der Waals surface area contributed by atoms with Crippen LogP contribution >= 0.6 is 0 Å². The van der Waals surface area contributed by atoms with Crippen LogP contribution in [0, 0.1) is 5.92 Å². The van der Waals surface area contributed by atoms with Crippen LogP contribution in [0.2, 0.25) is 0 Å². The minimum Gasteiger partial charge on any atom is -0.497 e. The highest BCUT2D eigenvalue weighted by Gasteiger charge is 2.33. The first-order valence-corrected chi connectivity index (χ1v) is 6.05. The molecule has 4 heteroatoms. The van der Waals surface area contributed by atoms with E-state index >= 15 is 0 Å². The average molecular weight is 250 g/mol. The first-order valence-electron chi connectivity index (χ1n) is 6.05. The Kier molecular flexibility index (Phi) is 4.20. The van der Waals surface area contributed by atoms with Gasteiger partial charge in [-0.05, 0) is 24.1 Å². The molecule has 0 bridgehead atoms. The number of methoxy groups -OCH3 is 2. The number of rotatable bonds is 3. The van der Waals surface area contributed by atoms with Crippen molar-refractivity contribution in [2.24, 2.45) is 5.92 Å². The second kappa shape index (κ2) is 5.87. The van der Waals surface area contributed by atoms with Crippen LogP contribution in [0.4, 0.5) is 0 Å². The Morgan fingerprint density at radius 2 is 2.22 bits per heavy atom. The van der Waals surface area contributed by atoms with Crippen molar-refractivity contribution in [2.75, 3.05) is 27.4 Å². The fourth-order valence-electron chi connectivity index (χ4n) is 2.39. The van der Waals surface area contributed by atoms with Gasteiger partial charge in [0, 0.05) is 12.5 Å². The standard InChI is InChI=1S/C14H18O4/c1-16-11-5-3-4-10(8-11)12-6-7-18-9-13(12)14(15)17-2/h3-5,8,12-13H,6-7,9H2,1-2H3. The molecule has 0 aromatic heterocycles. The molecule has 2 rings (SSSR count). The number of ether oxygens (including phenoxy) is 3. The summed E-state index contributed by atoms with van der Waals surface area (Å²) in [5, 5.41) is 0. The summed E-state index contributed by atoms with van der Waals surface area (Å²) in [7, 11) is 3.06. The van der Waals surface area contributed by atoms with Crippen LogP contribution in [0.15, 0.2) is 24.3 Å². The summed E-state index contributed by atoms with van der Waals surface area (Å²) in [6.45, 7) is 1.10. The molecule has 0 spiro atoms. The third-order valence-electron chi connectivity index (χ3n) is 3.38. The number of hydrogen-bond donors (Lipinski definition) is 0. The predicted octanol–water partition coefficient (Wildman–Crippen LogP) is 1.99. The van der Waals surface area contributed by atoms with Crippen molar-refractivity contribution in [1.29, 1.82) is 0 Å². The highest BCUT2D eigenvalue weighted by Crippen LogP contribution is 2.34. The van der Waals surface area contributed by atoms with Crippen LogP contribution < -0.4 is 4.74 Å². The molecule has 1 aromatic carbocycles. The van der Waals surface area contributed by atoms with Gasteiger partial charge in [-0.15, -0.1) is 0 Å². The van der Waals surface area contributed by atoms with Crippen molar-refractivity contribution >= 4 is 5.97 Å². The number of carbonyl (C=O) groups excluding carboxylic acids is 1. The van der Waals surface area contributed by atoms with Crippen molar-refractivity contribution in [3.8, 4) is 5.75 Å². The van der Waals surface area contributed by atoms with Crippen LogP contribution in [0.1, 0.15) is 17.9 Å². The molecule has 1 aromatic rings. The van der Waals surface area contributed by atoms with Gasteiger partial charge in [-0.3, -0.25) is 4.79 Å². The highest BCUT2D eigenvalue weighted by molar-refractivity contribution is 5.74. The molecule has 0 saturated carbocycles. The lowest BCUT2D eigenvalue weighted by Crippen LogP contribution is -2.33. The molecule has 0 radical (unpaired) electrons. The second-order valence-corrected chi connectivity index (χ2v) is 4.38. The Morgan fingerprint density at radius 1 is 1.39 bits per heavy atom. The maximum Gasteiger partial charge on any atom is 0.311 e. The summed E-state index contributed by atoms with van der Waals surface area (Å²) in [4.78, 5) is 11.8. The van der Waals surface area contributed by atoms with Crippen LogP contribution in [-0.2, 0) is 14.3 Å². The van der Waals surface area contributed by atoms with Crippen LogP contribution in [0.25, 0.3) is 0 Å². The fourth-order valence-corrected chi connectivity index (χ4v) is 2.39. The predicted molar refractivity (Wildman–Crippen MR) is 66.7 cm³/mol. The van der Waals surface area contributed by atoms with E-state index in [1.165, 1.54) is 7.11 Å². The lowest BCUT2D eigenvalue weighted by molar-refractivity contribution is -0.150. The minimum absolute atomic E-state index is 0.140. The molecule has 1 aliphatic rings. The third kappa shape index (κ3) is 2.64. The van der Waals surface area contributed by atoms with Gasteiger partial charge in [0.15, 0.2) is 0 Å². The van der Waals surface area contributed by atoms with E-state index in [0.29, 0.717) is 13.2 Å². The van der Waals surface area contributed by atoms with E-state index in [-0.39, 0.29) is 17.8 Å². The quantitative estimate of drug-likeness (QED) is 0.770. The number of hydrogen-bond acceptors (Lipinski definition) is 4. The van der Waals surface area contributed by atoms with E-state index in [4.69, 9.17) is 14.2 Å². The topological polar surface area (TPSA) is 44.8 Å². The SMILES string of the molecule is COC(=O)C1COCCC1c1cccc(OC)c1. The van der Waals surface area contributed by atoms with Crippen LogP contribution in [0.3, 0.4) is 0 Å². The van der Waals surface area contributed by atoms with Crippen molar-refractivity contribution in [1.82, 2.24) is 0 Å². The van der Waals surface area contributed by atoms with Crippen molar-refractivity contribution in [3.05, 3.63) is 29.8 Å². The average Bonchev–Trinajstić information content (AvgIpc) is 2.46. The normalized spacial score (nSPS) is 23.4. The molecule has 0 amide bonds. The molecule has 1 fully saturated rings. The lowest BCUT2D eigenvalue weighted by Gasteiger charge is -2.30. The van der Waals surface area contributed by atoms with Gasteiger partial charge >= 0.3 is 5.97 Å². The number of esters is 1. The molecule has 1 saturated heterocycles. The fraction of sp³-hybridized carbons (Fsp3) is 0.500. The van der Waals surface area contributed by atoms with Crippen molar-refractivity contribution in [3.63, 3.8) is 0 Å². The Labute approximate surface area is 107 Å². The van der Waals surface area contributed by atoms with Gasteiger partial charge in [-0.2, -0.15) is 0 Å². The molecular formula is C14H18O4. The first kappa shape index (κ1) is 12.9. The van der Waals surface area contributed by atoms with Crippen molar-refractivity contribution in [2.45, 2.75) is 12.3 Å². The molecular weight excluding hydrogens is 232 g/mol. The van der Waals surface area contributed by atoms with Gasteiger partial charge in [0.25, 0.3) is 0 Å². The van der Waals surface area contributed by atoms with Gasteiger partial charge in [0.05, 0.1) is 26.7 Å². The minimum atomic E-state index is -0.226. The lowest BCUT2D eigenvalue weighted by atomic mass is 9.82. The highest BCUT2D eigenvalue weighted by atomic mass is 16.5. The van der Waals surface area contributed by atoms with Crippen LogP contribution in [0.5, 0.6) is 5.75 Å². The summed E-state index contributed by atoms with van der Waals surface area (Å²) in [5.74, 6) is 0.516. The molecule has 98 valence electrons. The van der Waals surface area contributed by atoms with E-state index in [1.807, 2.05) is 24.3 Å². The zero-order chi connectivity index (χ0) is 13.0. The maximum absolute atomic E-state index is 11.8. The molecule has 2 unspecified atom stereocenters. The zero-order valence-corrected chi connectivity index (χ0v) is 10.7. The van der Waals surface area contributed by atoms with E-state index in [2.05, 4.69) is 0 Å². The second-order valence-electron chi connectivity index (χ2n) is 4.38. The summed E-state index contributed by atoms with van der Waals surface area (Å²) < 4.78 is 15.4. The summed E-state index contributed by atoms with van der Waals surface area (Å²) >= 11 is 0. The van der Waals surface area contributed by atoms with Crippen LogP contribution in [-0.4, -0.2) is 33.4 Å².